The Bertz CT molecular complexity index is 929. The van der Waals surface area contributed by atoms with Crippen LogP contribution in [0.5, 0.6) is 0 Å². The van der Waals surface area contributed by atoms with Crippen molar-refractivity contribution in [1.82, 2.24) is 5.32 Å². The molecule has 0 saturated heterocycles. The van der Waals surface area contributed by atoms with Crippen LogP contribution in [0, 0.1) is 0 Å². The zero-order valence-electron chi connectivity index (χ0n) is 17.0. The standard InChI is InChI=1S/C22H24N2O7/c1-30-18(25)12-9-15-7-10-17(11-8-15)19(26)24-14-22(23,20(27)28)21(29)31-13-16-5-3-2-4-6-16/h2-8,10-11H,9,12-14,23H2,1H3,(H,24,26)(H,27,28). The summed E-state index contributed by atoms with van der Waals surface area (Å²) in [5.41, 5.74) is 5.04. The van der Waals surface area contributed by atoms with Crippen molar-refractivity contribution in [2.24, 2.45) is 5.73 Å². The van der Waals surface area contributed by atoms with Gasteiger partial charge in [0.05, 0.1) is 13.7 Å². The van der Waals surface area contributed by atoms with Crippen LogP contribution in [-0.4, -0.2) is 48.1 Å². The molecule has 0 saturated carbocycles. The summed E-state index contributed by atoms with van der Waals surface area (Å²) in [6.07, 6.45) is 0.661. The number of methoxy groups -OCH3 is 1. The summed E-state index contributed by atoms with van der Waals surface area (Å²) >= 11 is 0. The van der Waals surface area contributed by atoms with Crippen molar-refractivity contribution in [3.8, 4) is 0 Å². The van der Waals surface area contributed by atoms with Crippen LogP contribution in [0.3, 0.4) is 0 Å². The molecule has 2 aromatic rings. The lowest BCUT2D eigenvalue weighted by molar-refractivity contribution is -0.161. The van der Waals surface area contributed by atoms with Crippen molar-refractivity contribution in [3.63, 3.8) is 0 Å². The third-order valence-corrected chi connectivity index (χ3v) is 4.55. The molecule has 0 aliphatic heterocycles. The first-order valence-electron chi connectivity index (χ1n) is 9.43. The summed E-state index contributed by atoms with van der Waals surface area (Å²) in [6.45, 7) is -0.800. The van der Waals surface area contributed by atoms with Gasteiger partial charge in [-0.2, -0.15) is 0 Å². The number of hydrogen-bond donors (Lipinski definition) is 3. The molecule has 1 amide bonds. The van der Waals surface area contributed by atoms with Crippen LogP contribution < -0.4 is 11.1 Å². The SMILES string of the molecule is COC(=O)CCc1ccc(C(=O)NCC(N)(C(=O)O)C(=O)OCc2ccccc2)cc1. The number of hydrogen-bond acceptors (Lipinski definition) is 7. The predicted octanol–water partition coefficient (Wildman–Crippen LogP) is 1.05. The first-order valence-corrected chi connectivity index (χ1v) is 9.43. The number of aliphatic carboxylic acids is 1. The molecule has 0 aliphatic rings. The fourth-order valence-corrected chi connectivity index (χ4v) is 2.58. The lowest BCUT2D eigenvalue weighted by Gasteiger charge is -2.23. The van der Waals surface area contributed by atoms with E-state index in [1.165, 1.54) is 19.2 Å². The van der Waals surface area contributed by atoms with Gasteiger partial charge in [0.25, 0.3) is 5.91 Å². The summed E-state index contributed by atoms with van der Waals surface area (Å²) in [5.74, 6) is -3.73. The van der Waals surface area contributed by atoms with Crippen LogP contribution in [0.25, 0.3) is 0 Å². The van der Waals surface area contributed by atoms with Crippen molar-refractivity contribution >= 4 is 23.8 Å². The molecule has 164 valence electrons. The van der Waals surface area contributed by atoms with Crippen molar-refractivity contribution in [2.45, 2.75) is 25.0 Å². The van der Waals surface area contributed by atoms with Crippen LogP contribution >= 0.6 is 0 Å². The van der Waals surface area contributed by atoms with E-state index < -0.39 is 29.9 Å². The molecule has 4 N–H and O–H groups in total. The van der Waals surface area contributed by atoms with E-state index in [4.69, 9.17) is 10.5 Å². The minimum atomic E-state index is -2.44. The highest BCUT2D eigenvalue weighted by Crippen LogP contribution is 2.10. The second kappa shape index (κ2) is 10.9. The Morgan fingerprint density at radius 1 is 1.00 bits per heavy atom. The molecule has 31 heavy (non-hydrogen) atoms. The number of nitrogens with one attached hydrogen (secondary N) is 1. The molecule has 9 heteroatoms. The van der Waals surface area contributed by atoms with Gasteiger partial charge in [0.2, 0.25) is 5.54 Å². The van der Waals surface area contributed by atoms with E-state index in [0.29, 0.717) is 12.0 Å². The fourth-order valence-electron chi connectivity index (χ4n) is 2.58. The van der Waals surface area contributed by atoms with Gasteiger partial charge in [-0.15, -0.1) is 0 Å². The topological polar surface area (TPSA) is 145 Å². The summed E-state index contributed by atoms with van der Waals surface area (Å²) in [4.78, 5) is 47.5. The molecular formula is C22H24N2O7. The van der Waals surface area contributed by atoms with Gasteiger partial charge in [0.1, 0.15) is 6.61 Å². The molecule has 0 bridgehead atoms. The van der Waals surface area contributed by atoms with Gasteiger partial charge in [-0.3, -0.25) is 9.59 Å². The molecule has 0 aliphatic carbocycles. The molecule has 0 fully saturated rings. The van der Waals surface area contributed by atoms with Gasteiger partial charge in [-0.05, 0) is 29.7 Å². The Morgan fingerprint density at radius 3 is 2.23 bits per heavy atom. The van der Waals surface area contributed by atoms with E-state index in [1.807, 2.05) is 0 Å². The maximum absolute atomic E-state index is 12.4. The number of ether oxygens (including phenoxy) is 2. The summed E-state index contributed by atoms with van der Waals surface area (Å²) in [6, 6.07) is 15.1. The maximum atomic E-state index is 12.4. The number of carboxylic acids is 1. The van der Waals surface area contributed by atoms with Crippen molar-refractivity contribution in [1.29, 1.82) is 0 Å². The van der Waals surface area contributed by atoms with Crippen molar-refractivity contribution in [2.75, 3.05) is 13.7 Å². The van der Waals surface area contributed by atoms with Gasteiger partial charge in [0, 0.05) is 12.0 Å². The molecule has 9 nitrogen and oxygen atoms in total. The number of benzene rings is 2. The van der Waals surface area contributed by atoms with Crippen LogP contribution in [0.4, 0.5) is 0 Å². The largest absolute Gasteiger partial charge is 0.479 e. The Morgan fingerprint density at radius 2 is 1.65 bits per heavy atom. The molecule has 0 spiro atoms. The lowest BCUT2D eigenvalue weighted by atomic mass is 10.0. The predicted molar refractivity (Wildman–Crippen MR) is 110 cm³/mol. The highest BCUT2D eigenvalue weighted by molar-refractivity contribution is 6.05. The summed E-state index contributed by atoms with van der Waals surface area (Å²) < 4.78 is 9.61. The van der Waals surface area contributed by atoms with Crippen LogP contribution in [0.2, 0.25) is 0 Å². The van der Waals surface area contributed by atoms with Crippen LogP contribution in [-0.2, 0) is 36.9 Å². The van der Waals surface area contributed by atoms with E-state index >= 15 is 0 Å². The average molecular weight is 428 g/mol. The monoisotopic (exact) mass is 428 g/mol. The molecule has 0 radical (unpaired) electrons. The molecule has 2 rings (SSSR count). The second-order valence-corrected chi connectivity index (χ2v) is 6.79. The average Bonchev–Trinajstić information content (AvgIpc) is 2.79. The Hall–Kier alpha value is -3.72. The molecule has 1 atom stereocenters. The Labute approximate surface area is 179 Å². The van der Waals surface area contributed by atoms with E-state index in [-0.39, 0.29) is 24.6 Å². The first kappa shape index (κ1) is 23.6. The fraction of sp³-hybridized carbons (Fsp3) is 0.273. The van der Waals surface area contributed by atoms with Crippen LogP contribution in [0.15, 0.2) is 54.6 Å². The molecule has 0 heterocycles. The Kier molecular flexibility index (Phi) is 8.27. The molecule has 2 aromatic carbocycles. The number of carbonyl (C=O) groups is 4. The van der Waals surface area contributed by atoms with E-state index in [2.05, 4.69) is 10.1 Å². The summed E-state index contributed by atoms with van der Waals surface area (Å²) in [5, 5.41) is 11.8. The number of nitrogens with two attached hydrogens (primary N) is 1. The Balaban J connectivity index is 1.95. The number of amides is 1. The minimum Gasteiger partial charge on any atom is -0.479 e. The first-order chi connectivity index (χ1) is 14.8. The van der Waals surface area contributed by atoms with Gasteiger partial charge in [-0.1, -0.05) is 42.5 Å². The smallest absolute Gasteiger partial charge is 0.340 e. The number of esters is 2. The molecular weight excluding hydrogens is 404 g/mol. The molecule has 0 aromatic heterocycles. The highest BCUT2D eigenvalue weighted by Gasteiger charge is 2.44. The van der Waals surface area contributed by atoms with Crippen molar-refractivity contribution < 1.29 is 33.8 Å². The zero-order valence-corrected chi connectivity index (χ0v) is 17.0. The van der Waals surface area contributed by atoms with Gasteiger partial charge >= 0.3 is 17.9 Å². The second-order valence-electron chi connectivity index (χ2n) is 6.79. The third kappa shape index (κ3) is 6.65. The minimum absolute atomic E-state index is 0.146. The van der Waals surface area contributed by atoms with Gasteiger partial charge < -0.3 is 25.6 Å². The highest BCUT2D eigenvalue weighted by atomic mass is 16.5. The van der Waals surface area contributed by atoms with Crippen LogP contribution in [0.1, 0.15) is 27.9 Å². The quantitative estimate of drug-likeness (QED) is 0.376. The normalized spacial score (nSPS) is 12.3. The van der Waals surface area contributed by atoms with E-state index in [1.54, 1.807) is 42.5 Å². The number of rotatable bonds is 10. The lowest BCUT2D eigenvalue weighted by Crippen LogP contribution is -2.62. The van der Waals surface area contributed by atoms with E-state index in [9.17, 15) is 24.3 Å². The number of carboxylic acid groups (broad SMARTS) is 1. The maximum Gasteiger partial charge on any atom is 0.340 e. The van der Waals surface area contributed by atoms with Gasteiger partial charge in [-0.25, -0.2) is 9.59 Å². The van der Waals surface area contributed by atoms with Crippen molar-refractivity contribution in [3.05, 3.63) is 71.3 Å². The molecule has 1 unspecified atom stereocenters. The number of carbonyl (C=O) groups excluding carboxylic acids is 3. The zero-order chi connectivity index (χ0) is 22.9. The summed E-state index contributed by atoms with van der Waals surface area (Å²) in [7, 11) is 1.31. The van der Waals surface area contributed by atoms with E-state index in [0.717, 1.165) is 5.56 Å². The number of aryl methyl sites for hydroxylation is 1. The third-order valence-electron chi connectivity index (χ3n) is 4.55. The van der Waals surface area contributed by atoms with Gasteiger partial charge in [0.15, 0.2) is 0 Å².